The molecule has 0 bridgehead atoms. The van der Waals surface area contributed by atoms with E-state index >= 15 is 0 Å². The Bertz CT molecular complexity index is 873. The predicted octanol–water partition coefficient (Wildman–Crippen LogP) is 3.70. The minimum Gasteiger partial charge on any atom is -0.383 e. The highest BCUT2D eigenvalue weighted by molar-refractivity contribution is 7.99. The van der Waals surface area contributed by atoms with Gasteiger partial charge in [0, 0.05) is 18.5 Å². The third-order valence-electron chi connectivity index (χ3n) is 3.79. The van der Waals surface area contributed by atoms with Crippen molar-refractivity contribution in [2.45, 2.75) is 25.5 Å². The monoisotopic (exact) mass is 378 g/mol. The fourth-order valence-corrected chi connectivity index (χ4v) is 4.85. The lowest BCUT2D eigenvalue weighted by atomic mass is 10.2. The van der Waals surface area contributed by atoms with E-state index in [9.17, 15) is 4.79 Å². The van der Waals surface area contributed by atoms with Crippen molar-refractivity contribution in [3.8, 4) is 0 Å². The molecule has 126 valence electrons. The van der Waals surface area contributed by atoms with Crippen molar-refractivity contribution in [1.29, 1.82) is 0 Å². The number of amides is 1. The van der Waals surface area contributed by atoms with Crippen LogP contribution in [0.1, 0.15) is 16.0 Å². The summed E-state index contributed by atoms with van der Waals surface area (Å²) in [4.78, 5) is 25.0. The highest BCUT2D eigenvalue weighted by atomic mass is 32.2. The Morgan fingerprint density at radius 3 is 2.88 bits per heavy atom. The number of aryl methyl sites for hydroxylation is 2. The van der Waals surface area contributed by atoms with Gasteiger partial charge in [-0.1, -0.05) is 11.8 Å². The highest BCUT2D eigenvalue weighted by Crippen LogP contribution is 2.33. The topological polar surface area (TPSA) is 72.1 Å². The first-order valence-electron chi connectivity index (χ1n) is 7.36. The number of hydrogen-bond donors (Lipinski definition) is 1. The van der Waals surface area contributed by atoms with Crippen molar-refractivity contribution in [1.82, 2.24) is 14.9 Å². The number of fused-ring (bicyclic) bond motifs is 1. The fourth-order valence-electron chi connectivity index (χ4n) is 2.31. The molecule has 0 saturated carbocycles. The van der Waals surface area contributed by atoms with E-state index in [2.05, 4.69) is 22.3 Å². The van der Waals surface area contributed by atoms with E-state index in [0.717, 1.165) is 21.3 Å². The van der Waals surface area contributed by atoms with Gasteiger partial charge in [-0.2, -0.15) is 11.3 Å². The van der Waals surface area contributed by atoms with Crippen LogP contribution in [0.3, 0.4) is 0 Å². The summed E-state index contributed by atoms with van der Waals surface area (Å²) in [5.41, 5.74) is 8.36. The van der Waals surface area contributed by atoms with Gasteiger partial charge in [0.25, 0.3) is 0 Å². The number of rotatable bonds is 5. The largest absolute Gasteiger partial charge is 0.383 e. The molecule has 0 aromatic carbocycles. The quantitative estimate of drug-likeness (QED) is 0.541. The average Bonchev–Trinajstić information content (AvgIpc) is 3.13. The first-order valence-corrected chi connectivity index (χ1v) is 10.1. The molecule has 3 aromatic rings. The van der Waals surface area contributed by atoms with Crippen LogP contribution >= 0.6 is 34.4 Å². The number of thiophene rings is 2. The lowest BCUT2D eigenvalue weighted by Gasteiger charge is -2.15. The number of nitrogen functional groups attached to an aromatic ring is 1. The van der Waals surface area contributed by atoms with Crippen LogP contribution in [0.4, 0.5) is 5.82 Å². The molecule has 1 amide bonds. The van der Waals surface area contributed by atoms with E-state index < -0.39 is 0 Å². The van der Waals surface area contributed by atoms with Crippen molar-refractivity contribution >= 4 is 56.4 Å². The van der Waals surface area contributed by atoms with Gasteiger partial charge < -0.3 is 10.6 Å². The molecule has 5 nitrogen and oxygen atoms in total. The van der Waals surface area contributed by atoms with Crippen LogP contribution < -0.4 is 5.73 Å². The summed E-state index contributed by atoms with van der Waals surface area (Å²) in [5, 5.41) is 5.55. The first-order chi connectivity index (χ1) is 11.5. The maximum atomic E-state index is 12.3. The molecule has 2 N–H and O–H groups in total. The second kappa shape index (κ2) is 7.08. The number of aromatic nitrogens is 2. The second-order valence-corrected chi connectivity index (χ2v) is 8.45. The van der Waals surface area contributed by atoms with Gasteiger partial charge in [0.1, 0.15) is 10.6 Å². The van der Waals surface area contributed by atoms with Crippen LogP contribution in [0.25, 0.3) is 10.2 Å². The summed E-state index contributed by atoms with van der Waals surface area (Å²) in [6.07, 6.45) is 0. The molecule has 0 atom stereocenters. The van der Waals surface area contributed by atoms with Crippen LogP contribution in [0.15, 0.2) is 22.0 Å². The summed E-state index contributed by atoms with van der Waals surface area (Å²) < 4.78 is 0. The molecule has 3 heterocycles. The highest BCUT2D eigenvalue weighted by Gasteiger charge is 2.15. The minimum absolute atomic E-state index is 0.0482. The van der Waals surface area contributed by atoms with Gasteiger partial charge in [-0.15, -0.1) is 11.3 Å². The van der Waals surface area contributed by atoms with Crippen molar-refractivity contribution in [3.63, 3.8) is 0 Å². The van der Waals surface area contributed by atoms with Crippen molar-refractivity contribution < 1.29 is 4.79 Å². The normalized spacial score (nSPS) is 11.1. The number of hydrogen-bond acceptors (Lipinski definition) is 7. The second-order valence-electron chi connectivity index (χ2n) is 5.52. The predicted molar refractivity (Wildman–Crippen MR) is 103 cm³/mol. The number of anilines is 1. The molecule has 3 aromatic heterocycles. The van der Waals surface area contributed by atoms with Crippen molar-refractivity contribution in [3.05, 3.63) is 32.8 Å². The molecule has 0 spiro atoms. The standard InChI is InChI=1S/C16H18N4OS3/c1-9-10(2)24-15-13(9)14(17)18-16(19-15)23-8-12(21)20(3)6-11-4-5-22-7-11/h4-5,7H,6,8H2,1-3H3,(H2,17,18,19). The van der Waals surface area contributed by atoms with E-state index in [-0.39, 0.29) is 5.91 Å². The molecule has 8 heteroatoms. The van der Waals surface area contributed by atoms with Gasteiger partial charge in [-0.3, -0.25) is 4.79 Å². The van der Waals surface area contributed by atoms with Gasteiger partial charge >= 0.3 is 0 Å². The summed E-state index contributed by atoms with van der Waals surface area (Å²) in [5.74, 6) is 0.838. The maximum Gasteiger partial charge on any atom is 0.233 e. The molecule has 0 radical (unpaired) electrons. The zero-order valence-corrected chi connectivity index (χ0v) is 16.1. The third-order valence-corrected chi connectivity index (χ3v) is 6.45. The van der Waals surface area contributed by atoms with Crippen LogP contribution in [0, 0.1) is 13.8 Å². The molecule has 0 fully saturated rings. The number of nitrogens with zero attached hydrogens (tertiary/aromatic N) is 3. The Balaban J connectivity index is 1.68. The van der Waals surface area contributed by atoms with Crippen LogP contribution in [0.2, 0.25) is 0 Å². The zero-order chi connectivity index (χ0) is 17.3. The Morgan fingerprint density at radius 1 is 1.38 bits per heavy atom. The Morgan fingerprint density at radius 2 is 2.17 bits per heavy atom. The lowest BCUT2D eigenvalue weighted by molar-refractivity contribution is -0.127. The van der Waals surface area contributed by atoms with E-state index in [1.807, 2.05) is 25.4 Å². The molecular weight excluding hydrogens is 360 g/mol. The molecule has 24 heavy (non-hydrogen) atoms. The van der Waals surface area contributed by atoms with E-state index in [1.165, 1.54) is 16.6 Å². The van der Waals surface area contributed by atoms with Gasteiger partial charge in [-0.25, -0.2) is 9.97 Å². The fraction of sp³-hybridized carbons (Fsp3) is 0.312. The first kappa shape index (κ1) is 17.2. The Labute approximate surface area is 152 Å². The summed E-state index contributed by atoms with van der Waals surface area (Å²) in [6, 6.07) is 2.03. The van der Waals surface area contributed by atoms with Crippen LogP contribution in [-0.4, -0.2) is 33.6 Å². The summed E-state index contributed by atoms with van der Waals surface area (Å²) in [7, 11) is 1.81. The van der Waals surface area contributed by atoms with Crippen molar-refractivity contribution in [2.75, 3.05) is 18.5 Å². The third kappa shape index (κ3) is 3.55. The lowest BCUT2D eigenvalue weighted by Crippen LogP contribution is -2.27. The molecular formula is C16H18N4OS3. The average molecular weight is 379 g/mol. The number of nitrogens with two attached hydrogens (primary N) is 1. The SMILES string of the molecule is Cc1sc2nc(SCC(=O)N(C)Cc3ccsc3)nc(N)c2c1C. The Kier molecular flexibility index (Phi) is 5.07. The van der Waals surface area contributed by atoms with E-state index in [0.29, 0.717) is 23.3 Å². The summed E-state index contributed by atoms with van der Waals surface area (Å²) >= 11 is 4.57. The van der Waals surface area contributed by atoms with Crippen molar-refractivity contribution in [2.24, 2.45) is 0 Å². The Hall–Kier alpha value is -1.64. The van der Waals surface area contributed by atoms with Gasteiger partial charge in [0.15, 0.2) is 5.16 Å². The minimum atomic E-state index is 0.0482. The van der Waals surface area contributed by atoms with E-state index in [4.69, 9.17) is 5.73 Å². The zero-order valence-electron chi connectivity index (χ0n) is 13.7. The van der Waals surface area contributed by atoms with Crippen LogP contribution in [-0.2, 0) is 11.3 Å². The molecule has 3 rings (SSSR count). The van der Waals surface area contributed by atoms with Gasteiger partial charge in [-0.05, 0) is 41.8 Å². The molecule has 0 aliphatic heterocycles. The van der Waals surface area contributed by atoms with E-state index in [1.54, 1.807) is 27.6 Å². The van der Waals surface area contributed by atoms with Crippen LogP contribution in [0.5, 0.6) is 0 Å². The molecule has 0 aliphatic carbocycles. The van der Waals surface area contributed by atoms with Gasteiger partial charge in [0.05, 0.1) is 11.1 Å². The summed E-state index contributed by atoms with van der Waals surface area (Å²) in [6.45, 7) is 4.70. The molecule has 0 unspecified atom stereocenters. The number of carbonyl (C=O) groups excluding carboxylic acids is 1. The number of carbonyl (C=O) groups is 1. The maximum absolute atomic E-state index is 12.3. The smallest absolute Gasteiger partial charge is 0.233 e. The molecule has 0 saturated heterocycles. The van der Waals surface area contributed by atoms with Gasteiger partial charge in [0.2, 0.25) is 5.91 Å². The number of thioether (sulfide) groups is 1. The molecule has 0 aliphatic rings.